The summed E-state index contributed by atoms with van der Waals surface area (Å²) >= 11 is 0. The van der Waals surface area contributed by atoms with E-state index in [0.29, 0.717) is 5.69 Å². The number of pyridine rings is 2. The van der Waals surface area contributed by atoms with E-state index in [1.54, 1.807) is 18.6 Å². The number of anilines is 2. The average Bonchev–Trinajstić information content (AvgIpc) is 3.25. The first-order valence-corrected chi connectivity index (χ1v) is 9.28. The van der Waals surface area contributed by atoms with E-state index < -0.39 is 0 Å². The van der Waals surface area contributed by atoms with Crippen molar-refractivity contribution in [3.63, 3.8) is 0 Å². The Labute approximate surface area is 159 Å². The third-order valence-corrected chi connectivity index (χ3v) is 4.82. The van der Waals surface area contributed by atoms with Gasteiger partial charge in [-0.3, -0.25) is 14.8 Å². The third kappa shape index (κ3) is 4.31. The number of carbonyl (C=O) groups excluding carboxylic acids is 1. The van der Waals surface area contributed by atoms with Gasteiger partial charge < -0.3 is 10.2 Å². The molecule has 136 valence electrons. The summed E-state index contributed by atoms with van der Waals surface area (Å²) in [7, 11) is 0. The highest BCUT2D eigenvalue weighted by atomic mass is 16.1. The maximum absolute atomic E-state index is 12.6. The molecule has 2 aromatic heterocycles. The zero-order valence-corrected chi connectivity index (χ0v) is 15.1. The van der Waals surface area contributed by atoms with Crippen LogP contribution in [0.1, 0.15) is 34.5 Å². The van der Waals surface area contributed by atoms with Crippen molar-refractivity contribution in [2.75, 3.05) is 23.3 Å². The van der Waals surface area contributed by atoms with Gasteiger partial charge in [-0.15, -0.1) is 0 Å². The Kier molecular flexibility index (Phi) is 5.10. The van der Waals surface area contributed by atoms with Crippen LogP contribution in [0.3, 0.4) is 0 Å². The lowest BCUT2D eigenvalue weighted by molar-refractivity contribution is 0.102. The minimum absolute atomic E-state index is 0.182. The topological polar surface area (TPSA) is 58.1 Å². The number of nitrogens with zero attached hydrogens (tertiary/aromatic N) is 3. The first-order chi connectivity index (χ1) is 13.3. The minimum atomic E-state index is -0.182. The van der Waals surface area contributed by atoms with Crippen LogP contribution in [0.15, 0.2) is 67.1 Å². The molecule has 0 spiro atoms. The van der Waals surface area contributed by atoms with Gasteiger partial charge in [-0.05, 0) is 66.8 Å². The van der Waals surface area contributed by atoms with Gasteiger partial charge in [0.15, 0.2) is 0 Å². The lowest BCUT2D eigenvalue weighted by Gasteiger charge is -2.17. The highest BCUT2D eigenvalue weighted by Crippen LogP contribution is 2.21. The smallest absolute Gasteiger partial charge is 0.274 e. The molecule has 1 aliphatic heterocycles. The lowest BCUT2D eigenvalue weighted by Crippen LogP contribution is -2.19. The molecule has 0 radical (unpaired) electrons. The van der Waals surface area contributed by atoms with E-state index in [-0.39, 0.29) is 5.91 Å². The van der Waals surface area contributed by atoms with Gasteiger partial charge in [-0.25, -0.2) is 0 Å². The van der Waals surface area contributed by atoms with E-state index in [1.165, 1.54) is 24.0 Å². The van der Waals surface area contributed by atoms with Crippen molar-refractivity contribution in [1.29, 1.82) is 0 Å². The van der Waals surface area contributed by atoms with Crippen molar-refractivity contribution < 1.29 is 4.79 Å². The summed E-state index contributed by atoms with van der Waals surface area (Å²) in [5, 5.41) is 2.94. The quantitative estimate of drug-likeness (QED) is 0.751. The zero-order chi connectivity index (χ0) is 18.5. The van der Waals surface area contributed by atoms with Gasteiger partial charge in [0.2, 0.25) is 0 Å². The van der Waals surface area contributed by atoms with Crippen molar-refractivity contribution in [3.05, 3.63) is 83.9 Å². The average molecular weight is 358 g/mol. The SMILES string of the molecule is O=C(Nc1ccc(Cc2ccncc2)cc1)c1cc(N2CCCC2)ccn1. The van der Waals surface area contributed by atoms with Gasteiger partial charge in [0.1, 0.15) is 5.69 Å². The number of rotatable bonds is 5. The first kappa shape index (κ1) is 17.2. The second kappa shape index (κ2) is 7.99. The number of nitrogens with one attached hydrogen (secondary N) is 1. The standard InChI is InChI=1S/C22H22N4O/c27-22(21-16-20(9-12-24-21)26-13-1-2-14-26)25-19-5-3-17(4-6-19)15-18-7-10-23-11-8-18/h3-12,16H,1-2,13-15H2,(H,25,27). The Morgan fingerprint density at radius 3 is 2.37 bits per heavy atom. The van der Waals surface area contributed by atoms with Crippen LogP contribution in [0.4, 0.5) is 11.4 Å². The fraction of sp³-hybridized carbons (Fsp3) is 0.227. The molecule has 27 heavy (non-hydrogen) atoms. The number of amides is 1. The Balaban J connectivity index is 1.41. The molecule has 1 N–H and O–H groups in total. The van der Waals surface area contributed by atoms with E-state index in [1.807, 2.05) is 48.5 Å². The maximum Gasteiger partial charge on any atom is 0.274 e. The van der Waals surface area contributed by atoms with Crippen LogP contribution in [0.25, 0.3) is 0 Å². The number of benzene rings is 1. The second-order valence-electron chi connectivity index (χ2n) is 6.78. The molecule has 3 aromatic rings. The number of aromatic nitrogens is 2. The Morgan fingerprint density at radius 2 is 1.63 bits per heavy atom. The number of carbonyl (C=O) groups is 1. The summed E-state index contributed by atoms with van der Waals surface area (Å²) in [5.74, 6) is -0.182. The third-order valence-electron chi connectivity index (χ3n) is 4.82. The van der Waals surface area contributed by atoms with Crippen LogP contribution in [0, 0.1) is 0 Å². The van der Waals surface area contributed by atoms with Crippen LogP contribution in [-0.2, 0) is 6.42 Å². The van der Waals surface area contributed by atoms with E-state index in [9.17, 15) is 4.79 Å². The summed E-state index contributed by atoms with van der Waals surface area (Å²) in [6.07, 6.45) is 8.56. The fourth-order valence-corrected chi connectivity index (χ4v) is 3.35. The molecule has 0 bridgehead atoms. The lowest BCUT2D eigenvalue weighted by atomic mass is 10.1. The molecule has 1 fully saturated rings. The predicted molar refractivity (Wildman–Crippen MR) is 107 cm³/mol. The molecule has 1 aliphatic rings. The molecule has 0 atom stereocenters. The second-order valence-corrected chi connectivity index (χ2v) is 6.78. The molecule has 1 saturated heterocycles. The van der Waals surface area contributed by atoms with Gasteiger partial charge >= 0.3 is 0 Å². The zero-order valence-electron chi connectivity index (χ0n) is 15.1. The first-order valence-electron chi connectivity index (χ1n) is 9.28. The molecule has 1 amide bonds. The van der Waals surface area contributed by atoms with Gasteiger partial charge in [0.05, 0.1) is 0 Å². The summed E-state index contributed by atoms with van der Waals surface area (Å²) in [4.78, 5) is 23.1. The van der Waals surface area contributed by atoms with Gasteiger partial charge in [0, 0.05) is 43.1 Å². The van der Waals surface area contributed by atoms with E-state index >= 15 is 0 Å². The highest BCUT2D eigenvalue weighted by Gasteiger charge is 2.15. The molecular weight excluding hydrogens is 336 g/mol. The molecule has 3 heterocycles. The molecular formula is C22H22N4O. The van der Waals surface area contributed by atoms with E-state index in [0.717, 1.165) is 30.9 Å². The highest BCUT2D eigenvalue weighted by molar-refractivity contribution is 6.03. The molecule has 5 heteroatoms. The van der Waals surface area contributed by atoms with Crippen molar-refractivity contribution in [1.82, 2.24) is 9.97 Å². The van der Waals surface area contributed by atoms with Crippen molar-refractivity contribution in [3.8, 4) is 0 Å². The van der Waals surface area contributed by atoms with Crippen LogP contribution < -0.4 is 10.2 Å². The largest absolute Gasteiger partial charge is 0.371 e. The maximum atomic E-state index is 12.6. The van der Waals surface area contributed by atoms with E-state index in [4.69, 9.17) is 0 Å². The van der Waals surface area contributed by atoms with Crippen LogP contribution in [0.5, 0.6) is 0 Å². The molecule has 0 aliphatic carbocycles. The molecule has 4 rings (SSSR count). The minimum Gasteiger partial charge on any atom is -0.371 e. The fourth-order valence-electron chi connectivity index (χ4n) is 3.35. The normalized spacial score (nSPS) is 13.6. The van der Waals surface area contributed by atoms with Crippen molar-refractivity contribution in [2.24, 2.45) is 0 Å². The van der Waals surface area contributed by atoms with Crippen LogP contribution in [0.2, 0.25) is 0 Å². The molecule has 5 nitrogen and oxygen atoms in total. The van der Waals surface area contributed by atoms with E-state index in [2.05, 4.69) is 20.2 Å². The summed E-state index contributed by atoms with van der Waals surface area (Å²) < 4.78 is 0. The Morgan fingerprint density at radius 1 is 0.926 bits per heavy atom. The summed E-state index contributed by atoms with van der Waals surface area (Å²) in [5.41, 5.74) is 4.69. The van der Waals surface area contributed by atoms with Gasteiger partial charge in [-0.2, -0.15) is 0 Å². The number of hydrogen-bond acceptors (Lipinski definition) is 4. The van der Waals surface area contributed by atoms with Gasteiger partial charge in [0.25, 0.3) is 5.91 Å². The summed E-state index contributed by atoms with van der Waals surface area (Å²) in [6, 6.07) is 15.8. The van der Waals surface area contributed by atoms with Gasteiger partial charge in [-0.1, -0.05) is 12.1 Å². The molecule has 0 unspecified atom stereocenters. The molecule has 0 saturated carbocycles. The Hall–Kier alpha value is -3.21. The Bertz CT molecular complexity index is 903. The van der Waals surface area contributed by atoms with Crippen molar-refractivity contribution in [2.45, 2.75) is 19.3 Å². The molecule has 1 aromatic carbocycles. The van der Waals surface area contributed by atoms with Crippen LogP contribution >= 0.6 is 0 Å². The monoisotopic (exact) mass is 358 g/mol. The van der Waals surface area contributed by atoms with Crippen molar-refractivity contribution >= 4 is 17.3 Å². The summed E-state index contributed by atoms with van der Waals surface area (Å²) in [6.45, 7) is 2.09. The predicted octanol–water partition coefficient (Wildman–Crippen LogP) is 3.92. The number of hydrogen-bond donors (Lipinski definition) is 1. The van der Waals surface area contributed by atoms with Crippen LogP contribution in [-0.4, -0.2) is 29.0 Å².